The van der Waals surface area contributed by atoms with Crippen LogP contribution in [0.1, 0.15) is 105 Å². The van der Waals surface area contributed by atoms with E-state index in [0.29, 0.717) is 72.2 Å². The number of hydrogen-bond acceptors (Lipinski definition) is 7. The van der Waals surface area contributed by atoms with E-state index < -0.39 is 0 Å². The molecule has 0 aliphatic rings. The summed E-state index contributed by atoms with van der Waals surface area (Å²) in [7, 11) is 0. The summed E-state index contributed by atoms with van der Waals surface area (Å²) in [5, 5.41) is 0. The first-order valence-corrected chi connectivity index (χ1v) is 15.2. The van der Waals surface area contributed by atoms with Crippen molar-refractivity contribution >= 4 is 5.78 Å². The molecule has 7 nitrogen and oxygen atoms in total. The molecule has 1 atom stereocenters. The SMILES string of the molecule is CCCCCC(CCC)OCCOCCOCCOCCOCCOCC(=O)C(CCCC)CCCC. The molecule has 1 unspecified atom stereocenters. The van der Waals surface area contributed by atoms with Gasteiger partial charge in [-0.15, -0.1) is 0 Å². The van der Waals surface area contributed by atoms with Crippen LogP contribution in [0.25, 0.3) is 0 Å². The van der Waals surface area contributed by atoms with E-state index in [1.807, 2.05) is 0 Å². The van der Waals surface area contributed by atoms with E-state index in [9.17, 15) is 4.79 Å². The number of carbonyl (C=O) groups is 1. The van der Waals surface area contributed by atoms with Gasteiger partial charge in [-0.1, -0.05) is 79.1 Å². The third kappa shape index (κ3) is 25.5. The highest BCUT2D eigenvalue weighted by atomic mass is 16.6. The molecular weight excluding hydrogens is 472 g/mol. The van der Waals surface area contributed by atoms with Gasteiger partial charge in [0.05, 0.1) is 72.2 Å². The Morgan fingerprint density at radius 3 is 1.41 bits per heavy atom. The summed E-state index contributed by atoms with van der Waals surface area (Å²) in [5.41, 5.74) is 0. The maximum Gasteiger partial charge on any atom is 0.161 e. The van der Waals surface area contributed by atoms with Crippen molar-refractivity contribution in [2.45, 2.75) is 111 Å². The summed E-state index contributed by atoms with van der Waals surface area (Å²) in [4.78, 5) is 12.4. The minimum absolute atomic E-state index is 0.153. The fourth-order valence-corrected chi connectivity index (χ4v) is 4.07. The number of unbranched alkanes of at least 4 members (excludes halogenated alkanes) is 4. The minimum Gasteiger partial charge on any atom is -0.377 e. The van der Waals surface area contributed by atoms with Crippen LogP contribution in [0.15, 0.2) is 0 Å². The fourth-order valence-electron chi connectivity index (χ4n) is 4.07. The lowest BCUT2D eigenvalue weighted by Crippen LogP contribution is -2.21. The molecule has 0 aliphatic heterocycles. The zero-order valence-electron chi connectivity index (χ0n) is 24.8. The van der Waals surface area contributed by atoms with Crippen molar-refractivity contribution in [2.24, 2.45) is 5.92 Å². The summed E-state index contributed by atoms with van der Waals surface area (Å²) < 4.78 is 33.7. The third-order valence-electron chi connectivity index (χ3n) is 6.32. The van der Waals surface area contributed by atoms with E-state index in [1.165, 1.54) is 19.3 Å². The van der Waals surface area contributed by atoms with Crippen LogP contribution in [-0.2, 0) is 33.2 Å². The Bertz CT molecular complexity index is 453. The molecule has 0 fully saturated rings. The smallest absolute Gasteiger partial charge is 0.161 e. The highest BCUT2D eigenvalue weighted by molar-refractivity contribution is 5.82. The third-order valence-corrected chi connectivity index (χ3v) is 6.32. The fraction of sp³-hybridized carbons (Fsp3) is 0.967. The van der Waals surface area contributed by atoms with E-state index in [-0.39, 0.29) is 18.3 Å². The Balaban J connectivity index is 3.44. The molecule has 7 heteroatoms. The van der Waals surface area contributed by atoms with Crippen LogP contribution in [0.5, 0.6) is 0 Å². The van der Waals surface area contributed by atoms with Gasteiger partial charge in [0.25, 0.3) is 0 Å². The minimum atomic E-state index is 0.153. The van der Waals surface area contributed by atoms with Crippen molar-refractivity contribution in [2.75, 3.05) is 72.7 Å². The van der Waals surface area contributed by atoms with E-state index in [0.717, 1.165) is 57.8 Å². The average Bonchev–Trinajstić information content (AvgIpc) is 2.90. The van der Waals surface area contributed by atoms with Crippen molar-refractivity contribution in [1.82, 2.24) is 0 Å². The van der Waals surface area contributed by atoms with Gasteiger partial charge in [0.1, 0.15) is 6.61 Å². The van der Waals surface area contributed by atoms with Crippen molar-refractivity contribution < 1.29 is 33.2 Å². The van der Waals surface area contributed by atoms with E-state index in [2.05, 4.69) is 27.7 Å². The Kier molecular flexibility index (Phi) is 29.5. The molecule has 222 valence electrons. The Morgan fingerprint density at radius 1 is 0.486 bits per heavy atom. The first kappa shape index (κ1) is 36.4. The van der Waals surface area contributed by atoms with Crippen LogP contribution < -0.4 is 0 Å². The molecule has 0 aromatic rings. The first-order chi connectivity index (χ1) is 18.2. The number of rotatable bonds is 31. The second-order valence-corrected chi connectivity index (χ2v) is 9.73. The van der Waals surface area contributed by atoms with Crippen LogP contribution in [0.3, 0.4) is 0 Å². The molecule has 0 bridgehead atoms. The van der Waals surface area contributed by atoms with Crippen LogP contribution in [-0.4, -0.2) is 84.6 Å². The molecule has 0 saturated carbocycles. The quantitative estimate of drug-likeness (QED) is 0.0957. The molecule has 0 aliphatic carbocycles. The summed E-state index contributed by atoms with van der Waals surface area (Å²) in [6.07, 6.45) is 14.0. The van der Waals surface area contributed by atoms with Gasteiger partial charge in [-0.25, -0.2) is 0 Å². The van der Waals surface area contributed by atoms with Crippen molar-refractivity contribution in [1.29, 1.82) is 0 Å². The van der Waals surface area contributed by atoms with Crippen LogP contribution in [0, 0.1) is 5.92 Å². The predicted molar refractivity (Wildman–Crippen MR) is 150 cm³/mol. The summed E-state index contributed by atoms with van der Waals surface area (Å²) >= 11 is 0. The van der Waals surface area contributed by atoms with Gasteiger partial charge in [-0.3, -0.25) is 4.79 Å². The number of hydrogen-bond donors (Lipinski definition) is 0. The van der Waals surface area contributed by atoms with Crippen molar-refractivity contribution in [3.8, 4) is 0 Å². The molecule has 0 aromatic carbocycles. The van der Waals surface area contributed by atoms with Crippen LogP contribution in [0.4, 0.5) is 0 Å². The Hall–Kier alpha value is -0.570. The largest absolute Gasteiger partial charge is 0.377 e. The predicted octanol–water partition coefficient (Wildman–Crippen LogP) is 6.40. The van der Waals surface area contributed by atoms with Crippen molar-refractivity contribution in [3.63, 3.8) is 0 Å². The van der Waals surface area contributed by atoms with Gasteiger partial charge in [0.2, 0.25) is 0 Å². The number of carbonyl (C=O) groups excluding carboxylic acids is 1. The average molecular weight is 533 g/mol. The van der Waals surface area contributed by atoms with Gasteiger partial charge < -0.3 is 28.4 Å². The van der Waals surface area contributed by atoms with Gasteiger partial charge in [-0.2, -0.15) is 0 Å². The first-order valence-electron chi connectivity index (χ1n) is 15.2. The molecule has 0 saturated heterocycles. The van der Waals surface area contributed by atoms with Gasteiger partial charge >= 0.3 is 0 Å². The number of ether oxygens (including phenoxy) is 6. The van der Waals surface area contributed by atoms with E-state index >= 15 is 0 Å². The Labute approximate surface area is 228 Å². The molecule has 37 heavy (non-hydrogen) atoms. The Morgan fingerprint density at radius 2 is 0.946 bits per heavy atom. The maximum atomic E-state index is 12.4. The normalized spacial score (nSPS) is 12.5. The van der Waals surface area contributed by atoms with Crippen molar-refractivity contribution in [3.05, 3.63) is 0 Å². The highest BCUT2D eigenvalue weighted by Crippen LogP contribution is 2.17. The second-order valence-electron chi connectivity index (χ2n) is 9.73. The van der Waals surface area contributed by atoms with E-state index in [4.69, 9.17) is 28.4 Å². The molecule has 0 spiro atoms. The number of Topliss-reactive ketones (excluding diaryl/α,β-unsaturated/α-hetero) is 1. The summed E-state index contributed by atoms with van der Waals surface area (Å²) in [6, 6.07) is 0. The lowest BCUT2D eigenvalue weighted by atomic mass is 9.92. The van der Waals surface area contributed by atoms with Gasteiger partial charge in [-0.05, 0) is 25.7 Å². The van der Waals surface area contributed by atoms with Crippen LogP contribution in [0.2, 0.25) is 0 Å². The second kappa shape index (κ2) is 30.0. The van der Waals surface area contributed by atoms with Gasteiger partial charge in [0.15, 0.2) is 5.78 Å². The van der Waals surface area contributed by atoms with Crippen LogP contribution >= 0.6 is 0 Å². The standard InChI is InChI=1S/C30H60O7/c1-5-9-12-16-29(13-8-4)37-26-25-35-22-21-33-18-17-32-19-20-34-23-24-36-27-30(31)28(14-10-6-2)15-11-7-3/h28-29H,5-27H2,1-4H3. The molecule has 0 N–H and O–H groups in total. The number of ketones is 1. The zero-order chi connectivity index (χ0) is 27.2. The molecular formula is C30H60O7. The molecule has 0 aromatic heterocycles. The monoisotopic (exact) mass is 532 g/mol. The summed E-state index contributed by atoms with van der Waals surface area (Å²) in [6.45, 7) is 14.4. The summed E-state index contributed by atoms with van der Waals surface area (Å²) in [5.74, 6) is 0.391. The topological polar surface area (TPSA) is 72.5 Å². The van der Waals surface area contributed by atoms with Gasteiger partial charge in [0, 0.05) is 5.92 Å². The molecule has 0 amide bonds. The molecule has 0 rings (SSSR count). The van der Waals surface area contributed by atoms with E-state index in [1.54, 1.807) is 0 Å². The molecule has 0 radical (unpaired) electrons. The lowest BCUT2D eigenvalue weighted by Gasteiger charge is -2.17. The maximum absolute atomic E-state index is 12.4. The highest BCUT2D eigenvalue weighted by Gasteiger charge is 2.17. The lowest BCUT2D eigenvalue weighted by molar-refractivity contribution is -0.128. The zero-order valence-corrected chi connectivity index (χ0v) is 24.8. The molecule has 0 heterocycles.